The quantitative estimate of drug-likeness (QED) is 0.681. The first-order valence-corrected chi connectivity index (χ1v) is 6.29. The summed E-state index contributed by atoms with van der Waals surface area (Å²) >= 11 is 0. The van der Waals surface area contributed by atoms with Crippen molar-refractivity contribution in [1.29, 1.82) is 0 Å². The smallest absolute Gasteiger partial charge is 0.107 e. The van der Waals surface area contributed by atoms with Crippen LogP contribution < -0.4 is 5.32 Å². The minimum absolute atomic E-state index is 0.214. The third kappa shape index (κ3) is 2.52. The number of aliphatic hydroxyl groups is 1. The molecule has 3 atom stereocenters. The van der Waals surface area contributed by atoms with Gasteiger partial charge in [-0.15, -0.1) is 0 Å². The molecule has 0 bridgehead atoms. The molecule has 2 fully saturated rings. The Hall–Kier alpha value is -0.120. The van der Waals surface area contributed by atoms with E-state index in [2.05, 4.69) is 17.1 Å². The van der Waals surface area contributed by atoms with Crippen LogP contribution in [0.3, 0.4) is 0 Å². The Kier molecular flexibility index (Phi) is 3.65. The first kappa shape index (κ1) is 11.4. The zero-order valence-corrected chi connectivity index (χ0v) is 9.95. The Morgan fingerprint density at radius 3 is 2.40 bits per heavy atom. The molecule has 0 amide bonds. The van der Waals surface area contributed by atoms with Gasteiger partial charge >= 0.3 is 0 Å². The number of hydrogen-bond donors (Lipinski definition) is 2. The second-order valence-electron chi connectivity index (χ2n) is 5.31. The molecule has 0 aromatic rings. The molecule has 88 valence electrons. The molecule has 2 rings (SSSR count). The van der Waals surface area contributed by atoms with Gasteiger partial charge in [-0.2, -0.15) is 0 Å². The molecule has 3 heteroatoms. The maximum absolute atomic E-state index is 9.96. The summed E-state index contributed by atoms with van der Waals surface area (Å²) in [5.74, 6) is 1.59. The minimum atomic E-state index is -0.214. The summed E-state index contributed by atoms with van der Waals surface area (Å²) in [6, 6.07) is 0.536. The molecule has 0 aromatic heterocycles. The molecule has 0 radical (unpaired) electrons. The first-order valence-electron chi connectivity index (χ1n) is 6.29. The van der Waals surface area contributed by atoms with Crippen LogP contribution in [-0.2, 0) is 0 Å². The van der Waals surface area contributed by atoms with Gasteiger partial charge in [0.2, 0.25) is 0 Å². The van der Waals surface area contributed by atoms with E-state index in [1.54, 1.807) is 0 Å². The molecule has 0 spiro atoms. The van der Waals surface area contributed by atoms with Crippen LogP contribution in [0.1, 0.15) is 32.6 Å². The zero-order valence-electron chi connectivity index (χ0n) is 9.95. The van der Waals surface area contributed by atoms with E-state index in [9.17, 15) is 5.11 Å². The average molecular weight is 212 g/mol. The molecule has 3 nitrogen and oxygen atoms in total. The highest BCUT2D eigenvalue weighted by molar-refractivity contribution is 4.85. The molecule has 2 saturated heterocycles. The summed E-state index contributed by atoms with van der Waals surface area (Å²) in [7, 11) is 2.04. The van der Waals surface area contributed by atoms with Gasteiger partial charge in [-0.3, -0.25) is 4.90 Å². The number of aliphatic hydroxyl groups excluding tert-OH is 1. The highest BCUT2D eigenvalue weighted by atomic mass is 16.3. The Balaban J connectivity index is 1.92. The molecule has 0 aliphatic carbocycles. The van der Waals surface area contributed by atoms with E-state index < -0.39 is 0 Å². The first-order chi connectivity index (χ1) is 7.18. The van der Waals surface area contributed by atoms with Crippen LogP contribution in [0.5, 0.6) is 0 Å². The fraction of sp³-hybridized carbons (Fsp3) is 1.00. The Labute approximate surface area is 92.8 Å². The maximum Gasteiger partial charge on any atom is 0.107 e. The van der Waals surface area contributed by atoms with Crippen molar-refractivity contribution in [3.63, 3.8) is 0 Å². The number of nitrogens with one attached hydrogen (secondary N) is 1. The van der Waals surface area contributed by atoms with Gasteiger partial charge in [0, 0.05) is 6.04 Å². The van der Waals surface area contributed by atoms with Gasteiger partial charge in [0.05, 0.1) is 0 Å². The van der Waals surface area contributed by atoms with E-state index in [0.29, 0.717) is 6.04 Å². The molecule has 0 aromatic carbocycles. The van der Waals surface area contributed by atoms with Gasteiger partial charge in [-0.1, -0.05) is 0 Å². The van der Waals surface area contributed by atoms with Crippen molar-refractivity contribution in [2.24, 2.45) is 11.8 Å². The SMILES string of the molecule is C[C@@H]1C[C@@H](C2CCNCC2)C[C@@H](O)N1C. The maximum atomic E-state index is 9.96. The van der Waals surface area contributed by atoms with Crippen LogP contribution >= 0.6 is 0 Å². The standard InChI is InChI=1S/C12H24N2O/c1-9-7-11(8-12(15)14(9)2)10-3-5-13-6-4-10/h9-13,15H,3-8H2,1-2H3/t9-,11-,12-/m1/s1. The normalized spacial score (nSPS) is 40.6. The second kappa shape index (κ2) is 4.81. The van der Waals surface area contributed by atoms with Crippen molar-refractivity contribution < 1.29 is 5.11 Å². The van der Waals surface area contributed by atoms with Crippen molar-refractivity contribution in [3.8, 4) is 0 Å². The number of rotatable bonds is 1. The van der Waals surface area contributed by atoms with E-state index in [1.807, 2.05) is 7.05 Å². The summed E-state index contributed by atoms with van der Waals surface area (Å²) in [5, 5.41) is 13.4. The van der Waals surface area contributed by atoms with Crippen LogP contribution in [0, 0.1) is 11.8 Å². The second-order valence-corrected chi connectivity index (χ2v) is 5.31. The molecule has 2 heterocycles. The fourth-order valence-electron chi connectivity index (χ4n) is 3.13. The minimum Gasteiger partial charge on any atom is -0.378 e. The molecular weight excluding hydrogens is 188 g/mol. The lowest BCUT2D eigenvalue weighted by atomic mass is 9.77. The molecule has 0 unspecified atom stereocenters. The van der Waals surface area contributed by atoms with E-state index >= 15 is 0 Å². The molecule has 15 heavy (non-hydrogen) atoms. The summed E-state index contributed by atoms with van der Waals surface area (Å²) in [6.07, 6.45) is 4.62. The van der Waals surface area contributed by atoms with Gasteiger partial charge < -0.3 is 10.4 Å². The van der Waals surface area contributed by atoms with Gasteiger partial charge in [0.15, 0.2) is 0 Å². The van der Waals surface area contributed by atoms with Crippen molar-refractivity contribution in [3.05, 3.63) is 0 Å². The number of hydrogen-bond acceptors (Lipinski definition) is 3. The predicted molar refractivity (Wildman–Crippen MR) is 61.5 cm³/mol. The highest BCUT2D eigenvalue weighted by Crippen LogP contribution is 2.34. The number of likely N-dealkylation sites (tertiary alicyclic amines) is 1. The van der Waals surface area contributed by atoms with Gasteiger partial charge in [0.25, 0.3) is 0 Å². The number of nitrogens with zero attached hydrogens (tertiary/aromatic N) is 1. The third-order valence-corrected chi connectivity index (χ3v) is 4.37. The molecule has 2 aliphatic rings. The van der Waals surface area contributed by atoms with Crippen molar-refractivity contribution >= 4 is 0 Å². The lowest BCUT2D eigenvalue weighted by Gasteiger charge is -2.43. The van der Waals surface area contributed by atoms with Crippen LogP contribution in [0.4, 0.5) is 0 Å². The predicted octanol–water partition coefficient (Wildman–Crippen LogP) is 1.03. The zero-order chi connectivity index (χ0) is 10.8. The lowest BCUT2D eigenvalue weighted by Crippen LogP contribution is -2.47. The van der Waals surface area contributed by atoms with Gasteiger partial charge in [0.1, 0.15) is 6.23 Å². The summed E-state index contributed by atoms with van der Waals surface area (Å²) in [4.78, 5) is 2.11. The van der Waals surface area contributed by atoms with Crippen LogP contribution in [0.15, 0.2) is 0 Å². The van der Waals surface area contributed by atoms with E-state index in [-0.39, 0.29) is 6.23 Å². The highest BCUT2D eigenvalue weighted by Gasteiger charge is 2.34. The Morgan fingerprint density at radius 1 is 1.13 bits per heavy atom. The number of piperidine rings is 2. The van der Waals surface area contributed by atoms with Crippen LogP contribution in [-0.4, -0.2) is 42.4 Å². The molecule has 0 saturated carbocycles. The van der Waals surface area contributed by atoms with Crippen molar-refractivity contribution in [1.82, 2.24) is 10.2 Å². The van der Waals surface area contributed by atoms with Crippen LogP contribution in [0.2, 0.25) is 0 Å². The Bertz CT molecular complexity index is 192. The fourth-order valence-corrected chi connectivity index (χ4v) is 3.13. The van der Waals surface area contributed by atoms with Crippen LogP contribution in [0.25, 0.3) is 0 Å². The average Bonchev–Trinajstić information content (AvgIpc) is 2.26. The van der Waals surface area contributed by atoms with Crippen molar-refractivity contribution in [2.45, 2.75) is 44.9 Å². The van der Waals surface area contributed by atoms with E-state index in [1.165, 1.54) is 32.4 Å². The third-order valence-electron chi connectivity index (χ3n) is 4.37. The topological polar surface area (TPSA) is 35.5 Å². The summed E-state index contributed by atoms with van der Waals surface area (Å²) < 4.78 is 0. The molecule has 2 aliphatic heterocycles. The lowest BCUT2D eigenvalue weighted by molar-refractivity contribution is -0.0661. The van der Waals surface area contributed by atoms with Gasteiger partial charge in [-0.25, -0.2) is 0 Å². The van der Waals surface area contributed by atoms with E-state index in [0.717, 1.165) is 18.3 Å². The summed E-state index contributed by atoms with van der Waals surface area (Å²) in [5.41, 5.74) is 0. The Morgan fingerprint density at radius 2 is 1.80 bits per heavy atom. The van der Waals surface area contributed by atoms with E-state index in [4.69, 9.17) is 0 Å². The summed E-state index contributed by atoms with van der Waals surface area (Å²) in [6.45, 7) is 4.57. The monoisotopic (exact) mass is 212 g/mol. The van der Waals surface area contributed by atoms with Crippen molar-refractivity contribution in [2.75, 3.05) is 20.1 Å². The largest absolute Gasteiger partial charge is 0.378 e. The van der Waals surface area contributed by atoms with Gasteiger partial charge in [-0.05, 0) is 64.6 Å². The molecule has 2 N–H and O–H groups in total. The molecular formula is C12H24N2O.